The summed E-state index contributed by atoms with van der Waals surface area (Å²) < 4.78 is 6.21. The van der Waals surface area contributed by atoms with E-state index in [0.717, 1.165) is 19.6 Å². The molecule has 1 saturated heterocycles. The van der Waals surface area contributed by atoms with E-state index in [4.69, 9.17) is 10.5 Å². The van der Waals surface area contributed by atoms with Gasteiger partial charge in [0.2, 0.25) is 0 Å². The first-order chi connectivity index (χ1) is 9.29. The molecule has 2 aliphatic rings. The monoisotopic (exact) mass is 294 g/mol. The van der Waals surface area contributed by atoms with Crippen molar-refractivity contribution in [3.63, 3.8) is 0 Å². The van der Waals surface area contributed by atoms with Gasteiger partial charge >= 0.3 is 0 Å². The van der Waals surface area contributed by atoms with Crippen molar-refractivity contribution >= 4 is 11.3 Å². The first-order valence-corrected chi connectivity index (χ1v) is 8.41. The van der Waals surface area contributed by atoms with Gasteiger partial charge in [-0.05, 0) is 51.1 Å². The molecule has 0 spiro atoms. The van der Waals surface area contributed by atoms with Crippen molar-refractivity contribution in [3.8, 4) is 0 Å². The van der Waals surface area contributed by atoms with Gasteiger partial charge in [-0.15, -0.1) is 11.3 Å². The molecule has 4 heteroatoms. The van der Waals surface area contributed by atoms with Crippen LogP contribution >= 0.6 is 11.3 Å². The van der Waals surface area contributed by atoms with Gasteiger partial charge in [0.1, 0.15) is 0 Å². The Morgan fingerprint density at radius 1 is 1.35 bits per heavy atom. The lowest BCUT2D eigenvalue weighted by molar-refractivity contribution is -0.0787. The van der Waals surface area contributed by atoms with Crippen molar-refractivity contribution in [2.45, 2.75) is 57.9 Å². The minimum absolute atomic E-state index is 0.0985. The highest BCUT2D eigenvalue weighted by molar-refractivity contribution is 7.10. The topological polar surface area (TPSA) is 38.5 Å². The number of hydrogen-bond acceptors (Lipinski definition) is 4. The molecule has 0 aliphatic carbocycles. The molecular formula is C16H26N2OS. The number of nitrogens with two attached hydrogens (primary N) is 1. The first kappa shape index (κ1) is 14.5. The third kappa shape index (κ3) is 2.43. The summed E-state index contributed by atoms with van der Waals surface area (Å²) in [6.45, 7) is 11.9. The molecule has 112 valence electrons. The normalized spacial score (nSPS) is 32.2. The Morgan fingerprint density at radius 2 is 2.10 bits per heavy atom. The highest BCUT2D eigenvalue weighted by Gasteiger charge is 2.52. The fraction of sp³-hybridized carbons (Fsp3) is 0.750. The van der Waals surface area contributed by atoms with E-state index < -0.39 is 0 Å². The molecule has 2 atom stereocenters. The molecule has 3 heterocycles. The second-order valence-electron chi connectivity index (χ2n) is 7.30. The zero-order chi connectivity index (χ0) is 14.5. The number of ether oxygens (including phenoxy) is 1. The van der Waals surface area contributed by atoms with Crippen LogP contribution in [0.3, 0.4) is 0 Å². The third-order valence-corrected chi connectivity index (χ3v) is 6.02. The van der Waals surface area contributed by atoms with Crippen LogP contribution in [0.4, 0.5) is 0 Å². The summed E-state index contributed by atoms with van der Waals surface area (Å²) in [5, 5.41) is 2.21. The quantitative estimate of drug-likeness (QED) is 0.911. The second-order valence-corrected chi connectivity index (χ2v) is 8.30. The van der Waals surface area contributed by atoms with Crippen LogP contribution in [0.2, 0.25) is 0 Å². The maximum atomic E-state index is 6.47. The molecule has 1 aromatic heterocycles. The molecule has 1 fully saturated rings. The van der Waals surface area contributed by atoms with E-state index in [0.29, 0.717) is 5.92 Å². The van der Waals surface area contributed by atoms with Crippen molar-refractivity contribution < 1.29 is 4.74 Å². The van der Waals surface area contributed by atoms with E-state index in [9.17, 15) is 0 Å². The van der Waals surface area contributed by atoms with Crippen LogP contribution in [0.1, 0.15) is 38.1 Å². The van der Waals surface area contributed by atoms with Crippen LogP contribution in [-0.4, -0.2) is 35.2 Å². The number of thiophene rings is 1. The van der Waals surface area contributed by atoms with Crippen LogP contribution in [0.15, 0.2) is 11.4 Å². The summed E-state index contributed by atoms with van der Waals surface area (Å²) in [7, 11) is 0. The van der Waals surface area contributed by atoms with Gasteiger partial charge in [0, 0.05) is 36.5 Å². The smallest absolute Gasteiger partial charge is 0.0788 e. The van der Waals surface area contributed by atoms with Gasteiger partial charge in [-0.2, -0.15) is 0 Å². The lowest BCUT2D eigenvalue weighted by Gasteiger charge is -2.35. The molecule has 1 aromatic rings. The minimum Gasteiger partial charge on any atom is -0.368 e. The lowest BCUT2D eigenvalue weighted by Crippen LogP contribution is -2.48. The molecule has 0 amide bonds. The van der Waals surface area contributed by atoms with Crippen LogP contribution < -0.4 is 5.73 Å². The summed E-state index contributed by atoms with van der Waals surface area (Å²) in [5.74, 6) is 0.387. The molecule has 2 aliphatic heterocycles. The Hall–Kier alpha value is -0.420. The lowest BCUT2D eigenvalue weighted by atomic mass is 9.82. The van der Waals surface area contributed by atoms with Crippen molar-refractivity contribution in [2.75, 3.05) is 13.1 Å². The Balaban J connectivity index is 1.72. The van der Waals surface area contributed by atoms with Gasteiger partial charge in [-0.25, -0.2) is 0 Å². The van der Waals surface area contributed by atoms with Crippen LogP contribution in [-0.2, 0) is 17.7 Å². The molecule has 2 N–H and O–H groups in total. The number of nitrogens with zero attached hydrogens (tertiary/aromatic N) is 1. The molecule has 0 radical (unpaired) electrons. The second kappa shape index (κ2) is 4.80. The van der Waals surface area contributed by atoms with E-state index >= 15 is 0 Å². The van der Waals surface area contributed by atoms with Crippen molar-refractivity contribution in [1.29, 1.82) is 0 Å². The fourth-order valence-corrected chi connectivity index (χ4v) is 4.70. The molecular weight excluding hydrogens is 268 g/mol. The van der Waals surface area contributed by atoms with Crippen LogP contribution in [0.5, 0.6) is 0 Å². The zero-order valence-electron chi connectivity index (χ0n) is 13.0. The van der Waals surface area contributed by atoms with Gasteiger partial charge in [-0.1, -0.05) is 0 Å². The minimum atomic E-state index is -0.225. The number of rotatable bonds is 2. The summed E-state index contributed by atoms with van der Waals surface area (Å²) in [4.78, 5) is 4.11. The van der Waals surface area contributed by atoms with Crippen molar-refractivity contribution in [2.24, 2.45) is 11.7 Å². The van der Waals surface area contributed by atoms with E-state index in [1.807, 2.05) is 11.3 Å². The molecule has 3 rings (SSSR count). The molecule has 3 nitrogen and oxygen atoms in total. The highest BCUT2D eigenvalue weighted by Crippen LogP contribution is 2.42. The molecule has 2 unspecified atom stereocenters. The Bertz CT molecular complexity index is 494. The average molecular weight is 294 g/mol. The van der Waals surface area contributed by atoms with E-state index in [1.54, 1.807) is 4.88 Å². The summed E-state index contributed by atoms with van der Waals surface area (Å²) in [5.41, 5.74) is 7.61. The summed E-state index contributed by atoms with van der Waals surface area (Å²) >= 11 is 1.89. The van der Waals surface area contributed by atoms with Crippen molar-refractivity contribution in [1.82, 2.24) is 4.90 Å². The maximum Gasteiger partial charge on any atom is 0.0788 e. The standard InChI is InChI=1S/C16H26N2OS/c1-15(2)12(14(17)16(3,4)19-15)10-18-7-5-13-11(9-18)6-8-20-13/h6,8,12,14H,5,7,9-10,17H2,1-4H3. The van der Waals surface area contributed by atoms with Gasteiger partial charge in [-0.3, -0.25) is 4.90 Å². The summed E-state index contributed by atoms with van der Waals surface area (Å²) in [6, 6.07) is 2.37. The Kier molecular flexibility index (Phi) is 3.49. The predicted molar refractivity (Wildman–Crippen MR) is 84.0 cm³/mol. The molecule has 0 saturated carbocycles. The number of hydrogen-bond donors (Lipinski definition) is 1. The third-order valence-electron chi connectivity index (χ3n) is 5.00. The van der Waals surface area contributed by atoms with Crippen LogP contribution in [0.25, 0.3) is 0 Å². The van der Waals surface area contributed by atoms with Gasteiger partial charge in [0.15, 0.2) is 0 Å². The SMILES string of the molecule is CC1(C)OC(C)(C)C(CN2CCc3sccc3C2)C1N. The average Bonchev–Trinajstić information content (AvgIpc) is 2.85. The highest BCUT2D eigenvalue weighted by atomic mass is 32.1. The number of fused-ring (bicyclic) bond motifs is 1. The predicted octanol–water partition coefficient (Wildman–Crippen LogP) is 2.64. The maximum absolute atomic E-state index is 6.47. The summed E-state index contributed by atoms with van der Waals surface area (Å²) in [6.07, 6.45) is 1.18. The van der Waals surface area contributed by atoms with Gasteiger partial charge in [0.25, 0.3) is 0 Å². The Morgan fingerprint density at radius 3 is 2.75 bits per heavy atom. The molecule has 0 bridgehead atoms. The molecule has 20 heavy (non-hydrogen) atoms. The fourth-order valence-electron chi connectivity index (χ4n) is 3.81. The Labute approximate surface area is 126 Å². The van der Waals surface area contributed by atoms with Crippen molar-refractivity contribution in [3.05, 3.63) is 21.9 Å². The zero-order valence-corrected chi connectivity index (χ0v) is 13.8. The van der Waals surface area contributed by atoms with Gasteiger partial charge < -0.3 is 10.5 Å². The first-order valence-electron chi connectivity index (χ1n) is 7.53. The van der Waals surface area contributed by atoms with E-state index in [-0.39, 0.29) is 17.2 Å². The van der Waals surface area contributed by atoms with Gasteiger partial charge in [0.05, 0.1) is 11.2 Å². The van der Waals surface area contributed by atoms with E-state index in [1.165, 1.54) is 12.0 Å². The molecule has 0 aromatic carbocycles. The van der Waals surface area contributed by atoms with Crippen LogP contribution in [0, 0.1) is 5.92 Å². The largest absolute Gasteiger partial charge is 0.368 e. The van der Waals surface area contributed by atoms with E-state index in [2.05, 4.69) is 44.0 Å².